The predicted octanol–water partition coefficient (Wildman–Crippen LogP) is 2.17. The van der Waals surface area contributed by atoms with Crippen molar-refractivity contribution in [3.8, 4) is 11.5 Å². The van der Waals surface area contributed by atoms with E-state index in [-0.39, 0.29) is 18.0 Å². The number of nitrogens with zero attached hydrogens (tertiary/aromatic N) is 2. The summed E-state index contributed by atoms with van der Waals surface area (Å²) < 4.78 is 35.6. The van der Waals surface area contributed by atoms with Crippen molar-refractivity contribution in [3.63, 3.8) is 0 Å². The van der Waals surface area contributed by atoms with Crippen molar-refractivity contribution in [3.05, 3.63) is 58.0 Å². The average molecular weight is 425 g/mol. The normalized spacial score (nSPS) is 11.6. The van der Waals surface area contributed by atoms with Crippen LogP contribution in [0.25, 0.3) is 10.8 Å². The van der Waals surface area contributed by atoms with Crippen LogP contribution in [0.1, 0.15) is 11.3 Å². The molecule has 0 fully saturated rings. The highest BCUT2D eigenvalue weighted by atomic mass is 35.5. The minimum absolute atomic E-state index is 0. The standard InChI is InChI=1S/C18H19N3O5S.ClH/c1-21-18(22)14-10-17(26-3)16(25-2)9-13(14)15(19-21)8-11-4-6-12(7-5-11)20-27(23)24;/h4-7,9-10,20H,8H2,1-3H3,(H,23,24);1H/p-1. The lowest BCUT2D eigenvalue weighted by Gasteiger charge is -2.13. The van der Waals surface area contributed by atoms with Gasteiger partial charge in [0.05, 0.1) is 25.3 Å². The van der Waals surface area contributed by atoms with E-state index >= 15 is 0 Å². The number of aromatic nitrogens is 2. The monoisotopic (exact) mass is 424 g/mol. The fourth-order valence-corrected chi connectivity index (χ4v) is 3.19. The maximum Gasteiger partial charge on any atom is 0.274 e. The number of ether oxygens (including phenoxy) is 2. The van der Waals surface area contributed by atoms with Gasteiger partial charge in [0.25, 0.3) is 5.56 Å². The summed E-state index contributed by atoms with van der Waals surface area (Å²) in [6, 6.07) is 10.3. The molecular formula is C18H19ClN3O5S-. The summed E-state index contributed by atoms with van der Waals surface area (Å²) in [6.45, 7) is 0. The van der Waals surface area contributed by atoms with Crippen molar-refractivity contribution in [2.75, 3.05) is 18.9 Å². The van der Waals surface area contributed by atoms with E-state index in [0.29, 0.717) is 40.1 Å². The number of methoxy groups -OCH3 is 2. The molecule has 0 radical (unpaired) electrons. The molecular weight excluding hydrogens is 406 g/mol. The number of fused-ring (bicyclic) bond motifs is 1. The summed E-state index contributed by atoms with van der Waals surface area (Å²) in [6.07, 6.45) is 0.459. The molecule has 3 aromatic rings. The third kappa shape index (κ3) is 4.44. The molecule has 10 heteroatoms. The van der Waals surface area contributed by atoms with E-state index in [4.69, 9.17) is 9.47 Å². The van der Waals surface area contributed by atoms with Gasteiger partial charge in [0.1, 0.15) is 0 Å². The van der Waals surface area contributed by atoms with Gasteiger partial charge in [-0.05, 0) is 29.8 Å². The molecule has 2 aromatic carbocycles. The van der Waals surface area contributed by atoms with Crippen molar-refractivity contribution < 1.29 is 18.2 Å². The number of hydrogen-bond donors (Lipinski definition) is 1. The molecule has 0 saturated heterocycles. The van der Waals surface area contributed by atoms with Gasteiger partial charge in [0.2, 0.25) is 0 Å². The minimum Gasteiger partial charge on any atom is -0.755 e. The van der Waals surface area contributed by atoms with Crippen LogP contribution in [0.2, 0.25) is 0 Å². The Morgan fingerprint density at radius 2 is 1.68 bits per heavy atom. The van der Waals surface area contributed by atoms with Gasteiger partial charge in [-0.15, -0.1) is 12.4 Å². The number of aryl methyl sites for hydroxylation is 1. The molecule has 1 atom stereocenters. The zero-order valence-corrected chi connectivity index (χ0v) is 17.1. The third-order valence-electron chi connectivity index (χ3n) is 4.16. The first-order chi connectivity index (χ1) is 12.9. The molecule has 8 nitrogen and oxygen atoms in total. The van der Waals surface area contributed by atoms with Gasteiger partial charge in [0, 0.05) is 35.8 Å². The largest absolute Gasteiger partial charge is 0.755 e. The van der Waals surface area contributed by atoms with Crippen LogP contribution in [0, 0.1) is 0 Å². The molecule has 1 heterocycles. The second kappa shape index (κ2) is 9.05. The maximum atomic E-state index is 12.5. The summed E-state index contributed by atoms with van der Waals surface area (Å²) in [4.78, 5) is 12.5. The molecule has 0 saturated carbocycles. The number of anilines is 1. The SMILES string of the molecule is COc1cc2c(Cc3ccc(NS(=O)[O-])cc3)nn(C)c(=O)c2cc1OC.Cl. The van der Waals surface area contributed by atoms with E-state index in [0.717, 1.165) is 5.56 Å². The van der Waals surface area contributed by atoms with Crippen LogP contribution >= 0.6 is 12.4 Å². The quantitative estimate of drug-likeness (QED) is 0.608. The molecule has 1 N–H and O–H groups in total. The minimum atomic E-state index is -2.37. The van der Waals surface area contributed by atoms with Crippen molar-refractivity contribution in [2.45, 2.75) is 6.42 Å². The first kappa shape index (κ1) is 21.7. The first-order valence-electron chi connectivity index (χ1n) is 7.99. The van der Waals surface area contributed by atoms with Gasteiger partial charge in [-0.1, -0.05) is 12.1 Å². The van der Waals surface area contributed by atoms with Crippen molar-refractivity contribution in [1.82, 2.24) is 9.78 Å². The van der Waals surface area contributed by atoms with Crippen LogP contribution in [-0.2, 0) is 24.7 Å². The van der Waals surface area contributed by atoms with Crippen molar-refractivity contribution in [2.24, 2.45) is 7.05 Å². The van der Waals surface area contributed by atoms with E-state index < -0.39 is 11.3 Å². The summed E-state index contributed by atoms with van der Waals surface area (Å²) in [5.41, 5.74) is 1.85. The molecule has 150 valence electrons. The number of benzene rings is 2. The molecule has 3 rings (SSSR count). The Balaban J connectivity index is 0.00000280. The van der Waals surface area contributed by atoms with Crippen LogP contribution in [0.15, 0.2) is 41.2 Å². The Kier molecular flexibility index (Phi) is 7.00. The van der Waals surface area contributed by atoms with Gasteiger partial charge < -0.3 is 18.7 Å². The van der Waals surface area contributed by atoms with Gasteiger partial charge in [-0.2, -0.15) is 5.10 Å². The predicted molar refractivity (Wildman–Crippen MR) is 109 cm³/mol. The molecule has 0 bridgehead atoms. The van der Waals surface area contributed by atoms with Gasteiger partial charge in [-0.3, -0.25) is 9.00 Å². The third-order valence-corrected chi connectivity index (χ3v) is 4.56. The zero-order valence-electron chi connectivity index (χ0n) is 15.4. The summed E-state index contributed by atoms with van der Waals surface area (Å²) >= 11 is -2.37. The number of hydrogen-bond acceptors (Lipinski definition) is 6. The lowest BCUT2D eigenvalue weighted by molar-refractivity contribution is 0.355. The number of rotatable bonds is 6. The Bertz CT molecular complexity index is 1070. The van der Waals surface area contributed by atoms with E-state index in [1.54, 1.807) is 43.4 Å². The van der Waals surface area contributed by atoms with Crippen LogP contribution in [-0.4, -0.2) is 32.8 Å². The Labute approximate surface area is 170 Å². The molecule has 0 amide bonds. The smallest absolute Gasteiger partial charge is 0.274 e. The lowest BCUT2D eigenvalue weighted by Crippen LogP contribution is -2.21. The van der Waals surface area contributed by atoms with Crippen LogP contribution < -0.4 is 19.8 Å². The van der Waals surface area contributed by atoms with Crippen LogP contribution in [0.5, 0.6) is 11.5 Å². The van der Waals surface area contributed by atoms with Crippen LogP contribution in [0.3, 0.4) is 0 Å². The molecule has 0 aliphatic carbocycles. The fraction of sp³-hybridized carbons (Fsp3) is 0.222. The molecule has 1 unspecified atom stereocenters. The number of nitrogens with one attached hydrogen (secondary N) is 1. The van der Waals surface area contributed by atoms with E-state index in [1.807, 2.05) is 0 Å². The Hall–Kier alpha value is -2.62. The Morgan fingerprint density at radius 3 is 2.21 bits per heavy atom. The highest BCUT2D eigenvalue weighted by Gasteiger charge is 2.14. The second-order valence-electron chi connectivity index (χ2n) is 5.84. The number of halogens is 1. The molecule has 1 aromatic heterocycles. The summed E-state index contributed by atoms with van der Waals surface area (Å²) in [5, 5.41) is 5.56. The maximum absolute atomic E-state index is 12.5. The molecule has 0 spiro atoms. The average Bonchev–Trinajstić information content (AvgIpc) is 2.66. The second-order valence-corrected chi connectivity index (χ2v) is 6.51. The first-order valence-corrected chi connectivity index (χ1v) is 9.07. The van der Waals surface area contributed by atoms with Crippen LogP contribution in [0.4, 0.5) is 5.69 Å². The topological polar surface area (TPSA) is 106 Å². The molecule has 0 aliphatic rings. The van der Waals surface area contributed by atoms with E-state index in [9.17, 15) is 13.6 Å². The fourth-order valence-electron chi connectivity index (χ4n) is 2.86. The van der Waals surface area contributed by atoms with Gasteiger partial charge in [-0.25, -0.2) is 4.68 Å². The highest BCUT2D eigenvalue weighted by molar-refractivity contribution is 7.80. The summed E-state index contributed by atoms with van der Waals surface area (Å²) in [7, 11) is 4.64. The van der Waals surface area contributed by atoms with Gasteiger partial charge in [0.15, 0.2) is 11.5 Å². The Morgan fingerprint density at radius 1 is 1.11 bits per heavy atom. The van der Waals surface area contributed by atoms with E-state index in [2.05, 4.69) is 9.82 Å². The van der Waals surface area contributed by atoms with E-state index in [1.165, 1.54) is 18.9 Å². The summed E-state index contributed by atoms with van der Waals surface area (Å²) in [5.74, 6) is 0.985. The van der Waals surface area contributed by atoms with Crippen molar-refractivity contribution >= 4 is 40.1 Å². The van der Waals surface area contributed by atoms with Gasteiger partial charge >= 0.3 is 0 Å². The zero-order chi connectivity index (χ0) is 19.6. The molecule has 28 heavy (non-hydrogen) atoms. The lowest BCUT2D eigenvalue weighted by atomic mass is 10.0. The molecule has 0 aliphatic heterocycles. The highest BCUT2D eigenvalue weighted by Crippen LogP contribution is 2.32. The van der Waals surface area contributed by atoms with Crippen molar-refractivity contribution in [1.29, 1.82) is 0 Å².